The third-order valence-electron chi connectivity index (χ3n) is 4.49. The summed E-state index contributed by atoms with van der Waals surface area (Å²) in [5.74, 6) is -4.36. The molecule has 2 N–H and O–H groups in total. The maximum atomic E-state index is 14.1. The lowest BCUT2D eigenvalue weighted by Gasteiger charge is -2.13. The summed E-state index contributed by atoms with van der Waals surface area (Å²) in [5.41, 5.74) is 0.624. The largest absolute Gasteiger partial charge is 0.507 e. The summed E-state index contributed by atoms with van der Waals surface area (Å²) < 4.78 is 15.4. The highest BCUT2D eigenvalue weighted by Gasteiger charge is 2.16. The summed E-state index contributed by atoms with van der Waals surface area (Å²) in [6.07, 6.45) is 2.09. The number of pyridine rings is 1. The second-order valence-corrected chi connectivity index (χ2v) is 7.23. The first kappa shape index (κ1) is 22.0. The van der Waals surface area contributed by atoms with Gasteiger partial charge in [0, 0.05) is 23.7 Å². The van der Waals surface area contributed by atoms with Crippen LogP contribution in [-0.2, 0) is 22.6 Å². The van der Waals surface area contributed by atoms with Gasteiger partial charge in [-0.2, -0.15) is 0 Å². The molecule has 0 saturated carbocycles. The van der Waals surface area contributed by atoms with Crippen LogP contribution in [0.25, 0.3) is 5.76 Å². The van der Waals surface area contributed by atoms with Crippen molar-refractivity contribution in [3.05, 3.63) is 110 Å². The van der Waals surface area contributed by atoms with Crippen molar-refractivity contribution in [2.75, 3.05) is 0 Å². The minimum atomic E-state index is -1.77. The average molecular weight is 442 g/mol. The third-order valence-corrected chi connectivity index (χ3v) is 4.73. The molecule has 0 atom stereocenters. The molecule has 0 saturated heterocycles. The molecule has 0 bridgehead atoms. The van der Waals surface area contributed by atoms with Crippen molar-refractivity contribution in [1.29, 1.82) is 0 Å². The number of aliphatic carboxylic acids is 1. The van der Waals surface area contributed by atoms with E-state index in [4.69, 9.17) is 16.7 Å². The van der Waals surface area contributed by atoms with Crippen LogP contribution in [0.3, 0.4) is 0 Å². The zero-order valence-electron chi connectivity index (χ0n) is 16.1. The lowest BCUT2D eigenvalue weighted by molar-refractivity contribution is -0.146. The first-order valence-electron chi connectivity index (χ1n) is 9.14. The number of nitrogens with zero attached hydrogens (tertiary/aromatic N) is 1. The molecule has 3 rings (SSSR count). The van der Waals surface area contributed by atoms with Gasteiger partial charge in [-0.25, -0.2) is 9.18 Å². The van der Waals surface area contributed by atoms with E-state index in [-0.39, 0.29) is 18.5 Å². The molecule has 2 aromatic carbocycles. The van der Waals surface area contributed by atoms with Gasteiger partial charge in [0.15, 0.2) is 0 Å². The molecular formula is C23H17ClFNO5. The van der Waals surface area contributed by atoms with Crippen molar-refractivity contribution in [1.82, 2.24) is 4.57 Å². The minimum Gasteiger partial charge on any atom is -0.507 e. The van der Waals surface area contributed by atoms with Gasteiger partial charge in [-0.05, 0) is 41.0 Å². The molecule has 158 valence electrons. The zero-order chi connectivity index (χ0) is 22.5. The highest BCUT2D eigenvalue weighted by molar-refractivity contribution is 6.38. The maximum absolute atomic E-state index is 14.1. The predicted octanol–water partition coefficient (Wildman–Crippen LogP) is 3.83. The SMILES string of the molecule is O=C(O)C(=O)C=C(O)c1cc(Cc2ccccc2F)cn(Cc2cccc(Cl)c2)c1=O. The number of carbonyl (C=O) groups excluding carboxylic acids is 1. The normalized spacial score (nSPS) is 11.4. The fourth-order valence-corrected chi connectivity index (χ4v) is 3.27. The summed E-state index contributed by atoms with van der Waals surface area (Å²) in [5, 5.41) is 19.5. The van der Waals surface area contributed by atoms with Gasteiger partial charge in [0.2, 0.25) is 0 Å². The second-order valence-electron chi connectivity index (χ2n) is 6.79. The van der Waals surface area contributed by atoms with E-state index in [0.29, 0.717) is 27.8 Å². The van der Waals surface area contributed by atoms with Crippen LogP contribution in [0.1, 0.15) is 22.3 Å². The predicted molar refractivity (Wildman–Crippen MR) is 114 cm³/mol. The Balaban J connectivity index is 2.10. The molecule has 0 spiro atoms. The van der Waals surface area contributed by atoms with Crippen molar-refractivity contribution in [3.63, 3.8) is 0 Å². The van der Waals surface area contributed by atoms with Gasteiger partial charge in [0.1, 0.15) is 11.6 Å². The second kappa shape index (κ2) is 9.40. The van der Waals surface area contributed by atoms with Gasteiger partial charge in [-0.15, -0.1) is 0 Å². The molecule has 31 heavy (non-hydrogen) atoms. The van der Waals surface area contributed by atoms with Gasteiger partial charge in [0.05, 0.1) is 12.1 Å². The number of ketones is 1. The number of aromatic nitrogens is 1. The van der Waals surface area contributed by atoms with Crippen LogP contribution in [0, 0.1) is 5.82 Å². The number of carbonyl (C=O) groups is 2. The Bertz CT molecular complexity index is 1250. The van der Waals surface area contributed by atoms with Crippen LogP contribution in [-0.4, -0.2) is 26.5 Å². The number of halogens is 2. The molecule has 0 aliphatic heterocycles. The van der Waals surface area contributed by atoms with Crippen LogP contribution < -0.4 is 5.56 Å². The van der Waals surface area contributed by atoms with Crippen LogP contribution in [0.2, 0.25) is 5.02 Å². The zero-order valence-corrected chi connectivity index (χ0v) is 16.8. The number of carboxylic acids is 1. The van der Waals surface area contributed by atoms with Crippen LogP contribution in [0.5, 0.6) is 0 Å². The van der Waals surface area contributed by atoms with Gasteiger partial charge in [0.25, 0.3) is 11.3 Å². The number of rotatable bonds is 7. The average Bonchev–Trinajstić information content (AvgIpc) is 2.71. The molecule has 0 fully saturated rings. The molecule has 0 aliphatic rings. The number of aliphatic hydroxyl groups is 1. The van der Waals surface area contributed by atoms with Crippen molar-refractivity contribution in [2.45, 2.75) is 13.0 Å². The first-order chi connectivity index (χ1) is 14.7. The summed E-state index contributed by atoms with van der Waals surface area (Å²) in [6, 6.07) is 14.2. The summed E-state index contributed by atoms with van der Waals surface area (Å²) in [6.45, 7) is 0.0949. The lowest BCUT2D eigenvalue weighted by Crippen LogP contribution is -2.25. The molecule has 1 aromatic heterocycles. The van der Waals surface area contributed by atoms with Crippen LogP contribution >= 0.6 is 11.6 Å². The highest BCUT2D eigenvalue weighted by Crippen LogP contribution is 2.17. The van der Waals surface area contributed by atoms with Crippen molar-refractivity contribution in [2.24, 2.45) is 0 Å². The third kappa shape index (κ3) is 5.46. The van der Waals surface area contributed by atoms with E-state index in [2.05, 4.69) is 0 Å². The summed E-state index contributed by atoms with van der Waals surface area (Å²) >= 11 is 6.00. The van der Waals surface area contributed by atoms with Gasteiger partial charge < -0.3 is 14.8 Å². The van der Waals surface area contributed by atoms with E-state index in [9.17, 15) is 23.9 Å². The van der Waals surface area contributed by atoms with Gasteiger partial charge >= 0.3 is 5.97 Å². The lowest BCUT2D eigenvalue weighted by atomic mass is 10.0. The smallest absolute Gasteiger partial charge is 0.376 e. The van der Waals surface area contributed by atoms with Gasteiger partial charge in [-0.1, -0.05) is 41.9 Å². The Morgan fingerprint density at radius 2 is 1.77 bits per heavy atom. The molecule has 0 radical (unpaired) electrons. The van der Waals surface area contributed by atoms with E-state index in [1.807, 2.05) is 0 Å². The Labute approximate surface area is 181 Å². The van der Waals surface area contributed by atoms with Gasteiger partial charge in [-0.3, -0.25) is 9.59 Å². The Hall–Kier alpha value is -3.71. The number of aliphatic hydroxyl groups excluding tert-OH is 1. The molecule has 6 nitrogen and oxygen atoms in total. The fourth-order valence-electron chi connectivity index (χ4n) is 3.05. The molecule has 0 aliphatic carbocycles. The highest BCUT2D eigenvalue weighted by atomic mass is 35.5. The molecule has 8 heteroatoms. The molecule has 0 unspecified atom stereocenters. The molecular weight excluding hydrogens is 425 g/mol. The number of hydrogen-bond donors (Lipinski definition) is 2. The van der Waals surface area contributed by atoms with Crippen molar-refractivity contribution >= 4 is 29.1 Å². The fraction of sp³-hybridized carbons (Fsp3) is 0.0870. The van der Waals surface area contributed by atoms with Crippen molar-refractivity contribution in [3.8, 4) is 0 Å². The number of hydrogen-bond acceptors (Lipinski definition) is 4. The Morgan fingerprint density at radius 1 is 1.03 bits per heavy atom. The topological polar surface area (TPSA) is 96.6 Å². The van der Waals surface area contributed by atoms with E-state index >= 15 is 0 Å². The number of carboxylic acid groups (broad SMARTS) is 1. The van der Waals surface area contributed by atoms with E-state index in [1.165, 1.54) is 22.9 Å². The van der Waals surface area contributed by atoms with Crippen LogP contribution in [0.4, 0.5) is 4.39 Å². The molecule has 0 amide bonds. The standard InChI is InChI=1S/C23H17ClFNO5/c24-17-6-3-4-14(9-17)12-26-13-15(8-16-5-1-2-7-19(16)25)10-18(22(26)29)20(27)11-21(28)23(30)31/h1-7,9-11,13,27H,8,12H2,(H,30,31). The van der Waals surface area contributed by atoms with E-state index < -0.39 is 28.9 Å². The monoisotopic (exact) mass is 441 g/mol. The molecule has 1 heterocycles. The Kier molecular flexibility index (Phi) is 6.67. The van der Waals surface area contributed by atoms with E-state index in [1.54, 1.807) is 42.5 Å². The van der Waals surface area contributed by atoms with E-state index in [0.717, 1.165) is 0 Å². The first-order valence-corrected chi connectivity index (χ1v) is 9.52. The Morgan fingerprint density at radius 3 is 2.45 bits per heavy atom. The summed E-state index contributed by atoms with van der Waals surface area (Å²) in [7, 11) is 0. The minimum absolute atomic E-state index is 0.0949. The molecule has 3 aromatic rings. The van der Waals surface area contributed by atoms with Crippen molar-refractivity contribution < 1.29 is 24.2 Å². The van der Waals surface area contributed by atoms with Crippen LogP contribution in [0.15, 0.2) is 71.7 Å². The summed E-state index contributed by atoms with van der Waals surface area (Å²) in [4.78, 5) is 35.2. The quantitative estimate of drug-likeness (QED) is 0.330. The number of benzene rings is 2. The maximum Gasteiger partial charge on any atom is 0.376 e.